The van der Waals surface area contributed by atoms with Crippen LogP contribution in [0.25, 0.3) is 0 Å². The second-order valence-corrected chi connectivity index (χ2v) is 7.12. The molecule has 1 saturated carbocycles. The van der Waals surface area contributed by atoms with E-state index in [9.17, 15) is 15.3 Å². The molecule has 0 bridgehead atoms. The standard InChI is InChI=1S/C16H19ClN2O3S/c1-4-10(17)5-11(9(2)3)15-6-12(15)13-7-19(16(20,21)22)14(23)18(13)8-15/h4-5,7,12,20-22H,2,6,8H2,1,3H3/b10-4+,11-5+/t12?,15-/m1/s1. The molecule has 1 fully saturated rings. The predicted octanol–water partition coefficient (Wildman–Crippen LogP) is 2.70. The summed E-state index contributed by atoms with van der Waals surface area (Å²) in [5, 5.41) is 28.8. The normalized spacial score (nSPS) is 27.0. The second-order valence-electron chi connectivity index (χ2n) is 6.32. The van der Waals surface area contributed by atoms with Crippen molar-refractivity contribution < 1.29 is 15.3 Å². The first-order valence-electron chi connectivity index (χ1n) is 7.31. The Hall–Kier alpha value is -1.18. The smallest absolute Gasteiger partial charge is 0.325 e. The second kappa shape index (κ2) is 5.16. The fraction of sp³-hybridized carbons (Fsp3) is 0.438. The minimum absolute atomic E-state index is 0.0972. The Morgan fingerprint density at radius 3 is 2.65 bits per heavy atom. The number of aromatic nitrogens is 2. The summed E-state index contributed by atoms with van der Waals surface area (Å²) in [6.45, 7) is 8.52. The zero-order valence-corrected chi connectivity index (χ0v) is 14.5. The maximum absolute atomic E-state index is 9.38. The molecule has 0 saturated heterocycles. The van der Waals surface area contributed by atoms with E-state index in [0.29, 0.717) is 11.6 Å². The summed E-state index contributed by atoms with van der Waals surface area (Å²) in [5.74, 6) is 0.206. The topological polar surface area (TPSA) is 70.6 Å². The Morgan fingerprint density at radius 1 is 1.52 bits per heavy atom. The third kappa shape index (κ3) is 2.45. The summed E-state index contributed by atoms with van der Waals surface area (Å²) in [7, 11) is 0. The molecule has 0 radical (unpaired) electrons. The van der Waals surface area contributed by atoms with Crippen molar-refractivity contribution in [1.29, 1.82) is 0 Å². The molecular weight excluding hydrogens is 336 g/mol. The third-order valence-corrected chi connectivity index (χ3v) is 5.50. The van der Waals surface area contributed by atoms with Crippen molar-refractivity contribution in [3.05, 3.63) is 51.6 Å². The van der Waals surface area contributed by atoms with Crippen molar-refractivity contribution in [3.63, 3.8) is 0 Å². The molecule has 3 N–H and O–H groups in total. The van der Waals surface area contributed by atoms with Crippen LogP contribution in [0.3, 0.4) is 0 Å². The van der Waals surface area contributed by atoms with Crippen molar-refractivity contribution in [1.82, 2.24) is 9.13 Å². The monoisotopic (exact) mass is 354 g/mol. The number of aliphatic hydroxyl groups is 3. The first-order chi connectivity index (χ1) is 10.6. The van der Waals surface area contributed by atoms with E-state index in [1.54, 1.807) is 0 Å². The molecule has 3 rings (SSSR count). The van der Waals surface area contributed by atoms with E-state index in [1.807, 2.05) is 30.6 Å². The minimum Gasteiger partial charge on any atom is -0.325 e. The van der Waals surface area contributed by atoms with Gasteiger partial charge < -0.3 is 19.9 Å². The lowest BCUT2D eigenvalue weighted by atomic mass is 9.89. The lowest BCUT2D eigenvalue weighted by Crippen LogP contribution is -2.32. The van der Waals surface area contributed by atoms with Crippen LogP contribution in [0.4, 0.5) is 0 Å². The van der Waals surface area contributed by atoms with Crippen LogP contribution < -0.4 is 0 Å². The quantitative estimate of drug-likeness (QED) is 0.441. The molecule has 1 aliphatic carbocycles. The Balaban J connectivity index is 2.03. The summed E-state index contributed by atoms with van der Waals surface area (Å²) in [6, 6.07) is 0. The molecule has 7 heteroatoms. The zero-order valence-electron chi connectivity index (χ0n) is 13.0. The Morgan fingerprint density at radius 2 is 2.17 bits per heavy atom. The number of allylic oxidation sites excluding steroid dienone is 5. The van der Waals surface area contributed by atoms with Gasteiger partial charge in [-0.3, -0.25) is 0 Å². The van der Waals surface area contributed by atoms with Gasteiger partial charge in [0.05, 0.1) is 0 Å². The summed E-state index contributed by atoms with van der Waals surface area (Å²) >= 11 is 11.4. The number of hydrogen-bond acceptors (Lipinski definition) is 4. The highest BCUT2D eigenvalue weighted by atomic mass is 35.5. The van der Waals surface area contributed by atoms with E-state index in [4.69, 9.17) is 23.8 Å². The highest BCUT2D eigenvalue weighted by Gasteiger charge is 2.63. The molecule has 124 valence electrons. The molecule has 2 heterocycles. The van der Waals surface area contributed by atoms with Crippen LogP contribution in [0.2, 0.25) is 0 Å². The van der Waals surface area contributed by atoms with Crippen molar-refractivity contribution in [2.45, 2.75) is 38.8 Å². The van der Waals surface area contributed by atoms with E-state index in [-0.39, 0.29) is 16.1 Å². The highest BCUT2D eigenvalue weighted by Crippen LogP contribution is 2.69. The van der Waals surface area contributed by atoms with Crippen LogP contribution in [0, 0.1) is 10.2 Å². The van der Waals surface area contributed by atoms with Gasteiger partial charge in [0.1, 0.15) is 0 Å². The molecular formula is C16H19ClN2O3S. The van der Waals surface area contributed by atoms with Gasteiger partial charge in [-0.2, -0.15) is 0 Å². The van der Waals surface area contributed by atoms with Crippen LogP contribution in [0.15, 0.2) is 41.1 Å². The van der Waals surface area contributed by atoms with Crippen molar-refractivity contribution >= 4 is 23.8 Å². The number of fused-ring (bicyclic) bond motifs is 3. The van der Waals surface area contributed by atoms with Crippen molar-refractivity contribution in [2.24, 2.45) is 5.41 Å². The van der Waals surface area contributed by atoms with Crippen LogP contribution in [0.1, 0.15) is 31.9 Å². The molecule has 2 atom stereocenters. The van der Waals surface area contributed by atoms with E-state index in [1.165, 1.54) is 6.20 Å². The molecule has 2 aliphatic rings. The SMILES string of the molecule is C=C(C)/C(=C\C(Cl)=C/C)[C@]12CC1c1cn(C(O)(O)O)c(=S)n1C2. The van der Waals surface area contributed by atoms with Crippen LogP contribution in [-0.4, -0.2) is 24.5 Å². The van der Waals surface area contributed by atoms with Gasteiger partial charge in [0.15, 0.2) is 4.77 Å². The number of imidazole rings is 1. The largest absolute Gasteiger partial charge is 0.375 e. The van der Waals surface area contributed by atoms with Crippen molar-refractivity contribution in [2.75, 3.05) is 0 Å². The van der Waals surface area contributed by atoms with Gasteiger partial charge in [-0.15, -0.1) is 0 Å². The van der Waals surface area contributed by atoms with Crippen LogP contribution in [-0.2, 0) is 12.6 Å². The zero-order chi connectivity index (χ0) is 17.2. The average molecular weight is 355 g/mol. The molecule has 5 nitrogen and oxygen atoms in total. The maximum Gasteiger partial charge on any atom is 0.375 e. The summed E-state index contributed by atoms with van der Waals surface area (Å²) in [4.78, 5) is 0. The lowest BCUT2D eigenvalue weighted by molar-refractivity contribution is -0.376. The van der Waals surface area contributed by atoms with E-state index in [2.05, 4.69) is 6.58 Å². The first-order valence-corrected chi connectivity index (χ1v) is 8.10. The molecule has 1 aromatic rings. The molecule has 1 aromatic heterocycles. The highest BCUT2D eigenvalue weighted by molar-refractivity contribution is 7.71. The maximum atomic E-state index is 9.38. The molecule has 0 amide bonds. The van der Waals surface area contributed by atoms with Gasteiger partial charge in [-0.1, -0.05) is 29.8 Å². The first kappa shape index (κ1) is 16.7. The molecule has 0 spiro atoms. The minimum atomic E-state index is -2.98. The lowest BCUT2D eigenvalue weighted by Gasteiger charge is -2.19. The number of halogens is 1. The molecule has 1 aliphatic heterocycles. The van der Waals surface area contributed by atoms with E-state index < -0.39 is 6.10 Å². The van der Waals surface area contributed by atoms with Gasteiger partial charge in [0.2, 0.25) is 0 Å². The van der Waals surface area contributed by atoms with E-state index >= 15 is 0 Å². The number of hydrogen-bond donors (Lipinski definition) is 3. The van der Waals surface area contributed by atoms with Crippen LogP contribution >= 0.6 is 23.8 Å². The van der Waals surface area contributed by atoms with Gasteiger partial charge in [-0.05, 0) is 44.1 Å². The Kier molecular flexibility index (Phi) is 3.74. The third-order valence-electron chi connectivity index (χ3n) is 4.76. The number of nitrogens with zero attached hydrogens (tertiary/aromatic N) is 2. The van der Waals surface area contributed by atoms with E-state index in [0.717, 1.165) is 27.8 Å². The summed E-state index contributed by atoms with van der Waals surface area (Å²) in [5.41, 5.74) is 2.84. The fourth-order valence-corrected chi connectivity index (χ4v) is 4.05. The van der Waals surface area contributed by atoms with Gasteiger partial charge in [-0.25, -0.2) is 4.57 Å². The summed E-state index contributed by atoms with van der Waals surface area (Å²) < 4.78 is 2.90. The Bertz CT molecular complexity index is 812. The number of rotatable bonds is 4. The molecule has 1 unspecified atom stereocenters. The van der Waals surface area contributed by atoms with Crippen molar-refractivity contribution in [3.8, 4) is 0 Å². The molecule has 23 heavy (non-hydrogen) atoms. The van der Waals surface area contributed by atoms with Gasteiger partial charge in [0.25, 0.3) is 0 Å². The average Bonchev–Trinajstić information content (AvgIpc) is 2.93. The fourth-order valence-electron chi connectivity index (χ4n) is 3.60. The predicted molar refractivity (Wildman–Crippen MR) is 90.2 cm³/mol. The van der Waals surface area contributed by atoms with Gasteiger partial charge >= 0.3 is 6.10 Å². The van der Waals surface area contributed by atoms with Crippen LogP contribution in [0.5, 0.6) is 0 Å². The molecule has 0 aromatic carbocycles. The summed E-state index contributed by atoms with van der Waals surface area (Å²) in [6.07, 6.45) is 3.23. The van der Waals surface area contributed by atoms with Gasteiger partial charge in [0, 0.05) is 34.8 Å². The Labute approximate surface area is 144 Å².